The van der Waals surface area contributed by atoms with E-state index in [2.05, 4.69) is 15.5 Å². The third-order valence-electron chi connectivity index (χ3n) is 4.39. The number of carbonyl (C=O) groups excluding carboxylic acids is 1. The lowest BCUT2D eigenvalue weighted by atomic mass is 10.1. The molecular weight excluding hydrogens is 357 g/mol. The topological polar surface area (TPSA) is 112 Å². The second kappa shape index (κ2) is 8.11. The number of nitrogens with one attached hydrogen (secondary N) is 1. The highest BCUT2D eigenvalue weighted by atomic mass is 19.1. The van der Waals surface area contributed by atoms with Crippen molar-refractivity contribution < 1.29 is 18.8 Å². The number of nitrogens with zero attached hydrogens (tertiary/aromatic N) is 4. The van der Waals surface area contributed by atoms with E-state index in [1.54, 1.807) is 6.92 Å². The van der Waals surface area contributed by atoms with Crippen LogP contribution < -0.4 is 5.32 Å². The zero-order chi connectivity index (χ0) is 19.4. The number of esters is 1. The van der Waals surface area contributed by atoms with Gasteiger partial charge in [-0.05, 0) is 19.8 Å². The SMILES string of the molecule is CCOC(=O)c1cc([N+](=O)[O-])cc(F)c1NCc1nnc2n1CCCCC2. The predicted octanol–water partition coefficient (Wildman–Crippen LogP) is 2.84. The van der Waals surface area contributed by atoms with E-state index in [9.17, 15) is 19.3 Å². The zero-order valence-corrected chi connectivity index (χ0v) is 14.9. The van der Waals surface area contributed by atoms with Crippen molar-refractivity contribution in [3.8, 4) is 0 Å². The number of halogens is 1. The monoisotopic (exact) mass is 377 g/mol. The first-order valence-corrected chi connectivity index (χ1v) is 8.81. The Morgan fingerprint density at radius 2 is 2.19 bits per heavy atom. The highest BCUT2D eigenvalue weighted by Crippen LogP contribution is 2.27. The van der Waals surface area contributed by atoms with Crippen LogP contribution >= 0.6 is 0 Å². The summed E-state index contributed by atoms with van der Waals surface area (Å²) in [5.41, 5.74) is -0.887. The summed E-state index contributed by atoms with van der Waals surface area (Å²) in [6.45, 7) is 2.59. The summed E-state index contributed by atoms with van der Waals surface area (Å²) < 4.78 is 21.4. The van der Waals surface area contributed by atoms with Crippen molar-refractivity contribution in [1.82, 2.24) is 14.8 Å². The number of nitro benzene ring substituents is 1. The van der Waals surface area contributed by atoms with E-state index in [1.807, 2.05) is 4.57 Å². The number of anilines is 1. The van der Waals surface area contributed by atoms with Crippen LogP contribution in [0.3, 0.4) is 0 Å². The molecule has 0 atom stereocenters. The van der Waals surface area contributed by atoms with Crippen molar-refractivity contribution in [2.75, 3.05) is 11.9 Å². The van der Waals surface area contributed by atoms with E-state index in [1.165, 1.54) is 0 Å². The van der Waals surface area contributed by atoms with Gasteiger partial charge in [0.05, 0.1) is 35.4 Å². The Balaban J connectivity index is 1.89. The van der Waals surface area contributed by atoms with Gasteiger partial charge in [0.25, 0.3) is 5.69 Å². The quantitative estimate of drug-likeness (QED) is 0.468. The van der Waals surface area contributed by atoms with Gasteiger partial charge in [0.1, 0.15) is 5.82 Å². The summed E-state index contributed by atoms with van der Waals surface area (Å²) in [6, 6.07) is 1.78. The molecule has 0 saturated carbocycles. The smallest absolute Gasteiger partial charge is 0.340 e. The van der Waals surface area contributed by atoms with Gasteiger partial charge in [0, 0.05) is 19.0 Å². The van der Waals surface area contributed by atoms with Gasteiger partial charge in [-0.2, -0.15) is 0 Å². The lowest BCUT2D eigenvalue weighted by Gasteiger charge is -2.13. The first kappa shape index (κ1) is 18.7. The number of carbonyl (C=O) groups is 1. The van der Waals surface area contributed by atoms with Crippen LogP contribution in [0.1, 0.15) is 48.2 Å². The Morgan fingerprint density at radius 3 is 2.93 bits per heavy atom. The fourth-order valence-corrected chi connectivity index (χ4v) is 3.09. The molecule has 0 unspecified atom stereocenters. The number of hydrogen-bond acceptors (Lipinski definition) is 7. The zero-order valence-electron chi connectivity index (χ0n) is 14.9. The van der Waals surface area contributed by atoms with Crippen LogP contribution in [0.25, 0.3) is 0 Å². The first-order valence-electron chi connectivity index (χ1n) is 8.81. The molecule has 144 valence electrons. The van der Waals surface area contributed by atoms with Gasteiger partial charge in [0.2, 0.25) is 0 Å². The van der Waals surface area contributed by atoms with Crippen LogP contribution in [0.15, 0.2) is 12.1 Å². The Morgan fingerprint density at radius 1 is 1.37 bits per heavy atom. The predicted molar refractivity (Wildman–Crippen MR) is 93.9 cm³/mol. The molecule has 0 saturated heterocycles. The van der Waals surface area contributed by atoms with Gasteiger partial charge in [-0.3, -0.25) is 10.1 Å². The minimum absolute atomic E-state index is 0.0697. The molecule has 0 aliphatic carbocycles. The standard InChI is InChI=1S/C17H20FN5O4/c1-2-27-17(24)12-8-11(23(25)26)9-13(18)16(12)19-10-15-21-20-14-6-4-3-5-7-22(14)15/h8-9,19H,2-7,10H2,1H3. The number of benzene rings is 1. The number of nitro groups is 1. The van der Waals surface area contributed by atoms with E-state index in [0.717, 1.165) is 50.2 Å². The molecule has 1 aliphatic heterocycles. The average Bonchev–Trinajstić information content (AvgIpc) is 2.86. The van der Waals surface area contributed by atoms with Crippen LogP contribution in [0.5, 0.6) is 0 Å². The Hall–Kier alpha value is -3.04. The van der Waals surface area contributed by atoms with Crippen molar-refractivity contribution in [2.24, 2.45) is 0 Å². The summed E-state index contributed by atoms with van der Waals surface area (Å²) in [7, 11) is 0. The van der Waals surface area contributed by atoms with Crippen LogP contribution in [0.4, 0.5) is 15.8 Å². The van der Waals surface area contributed by atoms with Crippen LogP contribution in [-0.4, -0.2) is 32.3 Å². The lowest BCUT2D eigenvalue weighted by Crippen LogP contribution is -2.15. The molecule has 0 spiro atoms. The summed E-state index contributed by atoms with van der Waals surface area (Å²) in [5.74, 6) is -0.218. The van der Waals surface area contributed by atoms with Gasteiger partial charge in [-0.1, -0.05) is 6.42 Å². The fraction of sp³-hybridized carbons (Fsp3) is 0.471. The van der Waals surface area contributed by atoms with Crippen LogP contribution in [-0.2, 0) is 24.2 Å². The maximum atomic E-state index is 14.5. The summed E-state index contributed by atoms with van der Waals surface area (Å²) >= 11 is 0. The summed E-state index contributed by atoms with van der Waals surface area (Å²) in [6.07, 6.45) is 4.01. The Kier molecular flexibility index (Phi) is 5.63. The van der Waals surface area contributed by atoms with E-state index < -0.39 is 22.4 Å². The molecule has 1 aromatic carbocycles. The van der Waals surface area contributed by atoms with Gasteiger partial charge in [0.15, 0.2) is 11.6 Å². The molecule has 2 heterocycles. The van der Waals surface area contributed by atoms with Gasteiger partial charge in [-0.25, -0.2) is 9.18 Å². The molecule has 0 amide bonds. The molecule has 1 aromatic heterocycles. The van der Waals surface area contributed by atoms with Crippen LogP contribution in [0, 0.1) is 15.9 Å². The van der Waals surface area contributed by atoms with Crippen molar-refractivity contribution >= 4 is 17.3 Å². The molecule has 0 fully saturated rings. The maximum absolute atomic E-state index is 14.5. The van der Waals surface area contributed by atoms with E-state index in [0.29, 0.717) is 5.82 Å². The third kappa shape index (κ3) is 4.04. The Bertz CT molecular complexity index is 867. The fourth-order valence-electron chi connectivity index (χ4n) is 3.09. The van der Waals surface area contributed by atoms with Crippen molar-refractivity contribution in [2.45, 2.75) is 45.7 Å². The highest BCUT2D eigenvalue weighted by molar-refractivity contribution is 5.96. The van der Waals surface area contributed by atoms with Gasteiger partial charge in [-0.15, -0.1) is 10.2 Å². The molecular formula is C17H20FN5O4. The summed E-state index contributed by atoms with van der Waals surface area (Å²) in [5, 5.41) is 22.1. The number of hydrogen-bond donors (Lipinski definition) is 1. The van der Waals surface area contributed by atoms with Crippen molar-refractivity contribution in [3.05, 3.63) is 45.3 Å². The molecule has 0 radical (unpaired) electrons. The number of fused-ring (bicyclic) bond motifs is 1. The number of rotatable bonds is 6. The minimum atomic E-state index is -0.900. The van der Waals surface area contributed by atoms with Crippen molar-refractivity contribution in [3.63, 3.8) is 0 Å². The first-order chi connectivity index (χ1) is 13.0. The molecule has 1 aliphatic rings. The largest absolute Gasteiger partial charge is 0.462 e. The van der Waals surface area contributed by atoms with E-state index >= 15 is 0 Å². The molecule has 1 N–H and O–H groups in total. The minimum Gasteiger partial charge on any atom is -0.462 e. The molecule has 10 heteroatoms. The molecule has 2 aromatic rings. The number of aryl methyl sites for hydroxylation is 1. The lowest BCUT2D eigenvalue weighted by molar-refractivity contribution is -0.385. The van der Waals surface area contributed by atoms with Gasteiger partial charge < -0.3 is 14.6 Å². The molecule has 3 rings (SSSR count). The number of aromatic nitrogens is 3. The molecule has 27 heavy (non-hydrogen) atoms. The Labute approximate surface area is 154 Å². The molecule has 9 nitrogen and oxygen atoms in total. The van der Waals surface area contributed by atoms with Crippen molar-refractivity contribution in [1.29, 1.82) is 0 Å². The second-order valence-electron chi connectivity index (χ2n) is 6.18. The maximum Gasteiger partial charge on any atom is 0.340 e. The second-order valence-corrected chi connectivity index (χ2v) is 6.18. The van der Waals surface area contributed by atoms with E-state index in [-0.39, 0.29) is 24.4 Å². The molecule has 0 bridgehead atoms. The number of non-ortho nitro benzene ring substituents is 1. The third-order valence-corrected chi connectivity index (χ3v) is 4.39. The summed E-state index contributed by atoms with van der Waals surface area (Å²) in [4.78, 5) is 22.4. The van der Waals surface area contributed by atoms with E-state index in [4.69, 9.17) is 4.74 Å². The highest BCUT2D eigenvalue weighted by Gasteiger charge is 2.23. The van der Waals surface area contributed by atoms with Gasteiger partial charge >= 0.3 is 5.97 Å². The average molecular weight is 377 g/mol. The van der Waals surface area contributed by atoms with Crippen LogP contribution in [0.2, 0.25) is 0 Å². The number of ether oxygens (including phenoxy) is 1. The normalized spacial score (nSPS) is 13.6.